The average Bonchev–Trinajstić information content (AvgIpc) is 3.20. The fourth-order valence-electron chi connectivity index (χ4n) is 9.85. The number of ether oxygens (including phenoxy) is 3. The Morgan fingerprint density at radius 2 is 1.87 bits per heavy atom. The van der Waals surface area contributed by atoms with Gasteiger partial charge in [-0.15, -0.1) is 0 Å². The molecule has 174 valence electrons. The lowest BCUT2D eigenvalue weighted by molar-refractivity contribution is -0.272. The van der Waals surface area contributed by atoms with Crippen LogP contribution in [0.4, 0.5) is 0 Å². The van der Waals surface area contributed by atoms with Gasteiger partial charge in [0.15, 0.2) is 5.79 Å². The van der Waals surface area contributed by atoms with E-state index in [4.69, 9.17) is 14.2 Å². The number of hydrogen-bond donors (Lipinski definition) is 0. The van der Waals surface area contributed by atoms with E-state index in [2.05, 4.69) is 33.8 Å². The normalized spacial score (nSPS) is 58.3. The first kappa shape index (κ1) is 21.2. The Morgan fingerprint density at radius 3 is 2.61 bits per heavy atom. The summed E-state index contributed by atoms with van der Waals surface area (Å²) in [5.74, 6) is 4.12. The first-order valence-corrected chi connectivity index (χ1v) is 13.3. The summed E-state index contributed by atoms with van der Waals surface area (Å²) in [4.78, 5) is 0. The molecule has 0 aromatic rings. The molecule has 0 amide bonds. The zero-order valence-corrected chi connectivity index (χ0v) is 20.5. The van der Waals surface area contributed by atoms with Crippen molar-refractivity contribution >= 4 is 0 Å². The van der Waals surface area contributed by atoms with Crippen LogP contribution in [0.2, 0.25) is 0 Å². The average molecular weight is 429 g/mol. The fraction of sp³-hybridized carbons (Fsp3) is 0.929. The lowest BCUT2D eigenvalue weighted by Gasteiger charge is -2.58. The zero-order valence-electron chi connectivity index (χ0n) is 20.5. The zero-order chi connectivity index (χ0) is 21.6. The summed E-state index contributed by atoms with van der Waals surface area (Å²) in [7, 11) is 1.90. The summed E-state index contributed by atoms with van der Waals surface area (Å²) < 4.78 is 19.2. The van der Waals surface area contributed by atoms with Crippen molar-refractivity contribution in [2.75, 3.05) is 13.7 Å². The Morgan fingerprint density at radius 1 is 1.03 bits per heavy atom. The van der Waals surface area contributed by atoms with Crippen LogP contribution in [0.15, 0.2) is 11.6 Å². The summed E-state index contributed by atoms with van der Waals surface area (Å²) in [5.41, 5.74) is 2.56. The van der Waals surface area contributed by atoms with Gasteiger partial charge in [-0.2, -0.15) is 0 Å². The van der Waals surface area contributed by atoms with Crippen molar-refractivity contribution in [1.29, 1.82) is 0 Å². The van der Waals surface area contributed by atoms with Gasteiger partial charge in [0.25, 0.3) is 0 Å². The van der Waals surface area contributed by atoms with Crippen molar-refractivity contribution in [3.8, 4) is 0 Å². The number of allylic oxidation sites excluding steroid dienone is 1. The van der Waals surface area contributed by atoms with Gasteiger partial charge in [0.2, 0.25) is 0 Å². The molecule has 0 aromatic carbocycles. The quantitative estimate of drug-likeness (QED) is 0.454. The fourth-order valence-corrected chi connectivity index (χ4v) is 9.85. The second-order valence-corrected chi connectivity index (χ2v) is 12.9. The summed E-state index contributed by atoms with van der Waals surface area (Å²) in [5, 5.41) is 0. The van der Waals surface area contributed by atoms with Crippen molar-refractivity contribution in [1.82, 2.24) is 0 Å². The van der Waals surface area contributed by atoms with Crippen LogP contribution in [0.5, 0.6) is 0 Å². The molecule has 0 unspecified atom stereocenters. The van der Waals surface area contributed by atoms with Crippen LogP contribution in [0.3, 0.4) is 0 Å². The maximum atomic E-state index is 6.92. The molecule has 0 bridgehead atoms. The SMILES string of the molecule is CO[C@H]1CC[C@]2(C)C(=CC[C@H]3[C@H]2CC[C@]2(C)[C@@H]4[C@H](C[C@@H]32)O[C@]2(CC[C@@H](C)CO2)[C@H]4C)C1. The smallest absolute Gasteiger partial charge is 0.171 e. The Balaban J connectivity index is 1.27. The molecule has 31 heavy (non-hydrogen) atoms. The molecule has 5 fully saturated rings. The summed E-state index contributed by atoms with van der Waals surface area (Å²) in [6, 6.07) is 0. The first-order valence-electron chi connectivity index (χ1n) is 13.3. The van der Waals surface area contributed by atoms with Crippen molar-refractivity contribution in [2.24, 2.45) is 46.3 Å². The van der Waals surface area contributed by atoms with Crippen molar-refractivity contribution in [2.45, 2.75) is 103 Å². The molecule has 4 aliphatic carbocycles. The van der Waals surface area contributed by atoms with Gasteiger partial charge >= 0.3 is 0 Å². The third-order valence-corrected chi connectivity index (χ3v) is 11.7. The molecule has 0 radical (unpaired) electrons. The van der Waals surface area contributed by atoms with Gasteiger partial charge in [0.05, 0.1) is 18.8 Å². The maximum absolute atomic E-state index is 6.92. The Hall–Kier alpha value is -0.380. The summed E-state index contributed by atoms with van der Waals surface area (Å²) in [6.07, 6.45) is 14.9. The van der Waals surface area contributed by atoms with Crippen LogP contribution in [0.1, 0.15) is 85.5 Å². The predicted molar refractivity (Wildman–Crippen MR) is 122 cm³/mol. The minimum atomic E-state index is -0.281. The molecule has 2 heterocycles. The van der Waals surface area contributed by atoms with Crippen LogP contribution in [-0.4, -0.2) is 31.7 Å². The molecule has 3 nitrogen and oxygen atoms in total. The highest BCUT2D eigenvalue weighted by Crippen LogP contribution is 2.70. The molecule has 1 spiro atoms. The van der Waals surface area contributed by atoms with E-state index in [-0.39, 0.29) is 5.79 Å². The third-order valence-electron chi connectivity index (χ3n) is 11.7. The molecule has 6 rings (SSSR count). The van der Waals surface area contributed by atoms with Crippen molar-refractivity contribution in [3.63, 3.8) is 0 Å². The molecule has 6 aliphatic rings. The van der Waals surface area contributed by atoms with Crippen LogP contribution in [0.25, 0.3) is 0 Å². The molecule has 11 atom stereocenters. The van der Waals surface area contributed by atoms with Crippen LogP contribution >= 0.6 is 0 Å². The standard InChI is InChI=1S/C28H44O3/c1-17-8-13-28(30-16-17)18(2)25-24(31-28)15-23-21-7-6-19-14-20(29-5)9-11-26(19,3)22(21)10-12-27(23,25)4/h6,17-18,20-25H,7-16H2,1-5H3/t17-,18+,20+,21+,22-,23+,24+,25+,26-,27+,28-/m1/s1. The van der Waals surface area contributed by atoms with Gasteiger partial charge in [-0.05, 0) is 91.8 Å². The van der Waals surface area contributed by atoms with Crippen LogP contribution in [-0.2, 0) is 14.2 Å². The Labute approximate surface area is 189 Å². The summed E-state index contributed by atoms with van der Waals surface area (Å²) >= 11 is 0. The minimum Gasteiger partial charge on any atom is -0.381 e. The van der Waals surface area contributed by atoms with Gasteiger partial charge in [0, 0.05) is 19.4 Å². The first-order chi connectivity index (χ1) is 14.8. The second kappa shape index (κ2) is 7.06. The van der Waals surface area contributed by atoms with E-state index in [1.807, 2.05) is 7.11 Å². The lowest BCUT2D eigenvalue weighted by atomic mass is 9.47. The molecule has 3 heteroatoms. The molecule has 2 aliphatic heterocycles. The van der Waals surface area contributed by atoms with Gasteiger partial charge < -0.3 is 14.2 Å². The third kappa shape index (κ3) is 2.81. The van der Waals surface area contributed by atoms with E-state index in [9.17, 15) is 0 Å². The molecule has 3 saturated carbocycles. The highest BCUT2D eigenvalue weighted by Gasteiger charge is 2.68. The molecular formula is C28H44O3. The summed E-state index contributed by atoms with van der Waals surface area (Å²) in [6.45, 7) is 10.9. The maximum Gasteiger partial charge on any atom is 0.171 e. The van der Waals surface area contributed by atoms with E-state index in [0.717, 1.165) is 30.8 Å². The molecule has 2 saturated heterocycles. The van der Waals surface area contributed by atoms with Gasteiger partial charge in [-0.1, -0.05) is 39.3 Å². The van der Waals surface area contributed by atoms with Crippen molar-refractivity contribution < 1.29 is 14.2 Å². The van der Waals surface area contributed by atoms with E-state index in [1.165, 1.54) is 51.4 Å². The molecule has 0 aromatic heterocycles. The van der Waals surface area contributed by atoms with E-state index < -0.39 is 0 Å². The monoisotopic (exact) mass is 428 g/mol. The number of hydrogen-bond acceptors (Lipinski definition) is 3. The van der Waals surface area contributed by atoms with Crippen molar-refractivity contribution in [3.05, 3.63) is 11.6 Å². The molecule has 0 N–H and O–H groups in total. The Bertz CT molecular complexity index is 751. The Kier molecular flexibility index (Phi) is 4.82. The lowest BCUT2D eigenvalue weighted by Crippen LogP contribution is -2.52. The van der Waals surface area contributed by atoms with E-state index in [0.29, 0.717) is 40.8 Å². The van der Waals surface area contributed by atoms with E-state index >= 15 is 0 Å². The number of methoxy groups -OCH3 is 1. The van der Waals surface area contributed by atoms with Gasteiger partial charge in [0.1, 0.15) is 0 Å². The van der Waals surface area contributed by atoms with Gasteiger partial charge in [-0.25, -0.2) is 0 Å². The number of fused-ring (bicyclic) bond motifs is 7. The van der Waals surface area contributed by atoms with Crippen LogP contribution < -0.4 is 0 Å². The topological polar surface area (TPSA) is 27.7 Å². The van der Waals surface area contributed by atoms with E-state index in [1.54, 1.807) is 5.57 Å². The highest BCUT2D eigenvalue weighted by atomic mass is 16.7. The second-order valence-electron chi connectivity index (χ2n) is 12.9. The van der Waals surface area contributed by atoms with Gasteiger partial charge in [-0.3, -0.25) is 0 Å². The molecular weight excluding hydrogens is 384 g/mol. The number of rotatable bonds is 1. The minimum absolute atomic E-state index is 0.281. The largest absolute Gasteiger partial charge is 0.381 e. The highest BCUT2D eigenvalue weighted by molar-refractivity contribution is 5.26. The van der Waals surface area contributed by atoms with Crippen LogP contribution in [0, 0.1) is 46.3 Å². The predicted octanol–water partition coefficient (Wildman–Crippen LogP) is 6.37.